The highest BCUT2D eigenvalue weighted by molar-refractivity contribution is 7.99. The van der Waals surface area contributed by atoms with Gasteiger partial charge in [-0.2, -0.15) is 0 Å². The summed E-state index contributed by atoms with van der Waals surface area (Å²) in [6.07, 6.45) is 0.947. The molecule has 0 amide bonds. The summed E-state index contributed by atoms with van der Waals surface area (Å²) in [7, 11) is 0. The number of carbonyl (C=O) groups is 1. The molecule has 1 heterocycles. The molecule has 2 unspecified atom stereocenters. The van der Waals surface area contributed by atoms with Gasteiger partial charge in [-0.1, -0.05) is 32.0 Å². The zero-order chi connectivity index (χ0) is 10.8. The SMILES string of the molecule is CCC(C)C(=O)C1CSc2ccccc21. The lowest BCUT2D eigenvalue weighted by Gasteiger charge is -2.14. The Kier molecular flexibility index (Phi) is 3.15. The molecular formula is C13H16OS. The van der Waals surface area contributed by atoms with Crippen molar-refractivity contribution < 1.29 is 4.79 Å². The molecule has 0 saturated heterocycles. The predicted octanol–water partition coefficient (Wildman–Crippen LogP) is 3.49. The minimum atomic E-state index is 0.140. The van der Waals surface area contributed by atoms with Crippen LogP contribution in [0.3, 0.4) is 0 Å². The first-order chi connectivity index (χ1) is 7.24. The second-order valence-corrected chi connectivity index (χ2v) is 5.17. The molecule has 0 N–H and O–H groups in total. The van der Waals surface area contributed by atoms with Crippen LogP contribution < -0.4 is 0 Å². The molecule has 0 fully saturated rings. The van der Waals surface area contributed by atoms with Crippen LogP contribution in [-0.4, -0.2) is 11.5 Å². The van der Waals surface area contributed by atoms with Gasteiger partial charge in [-0.25, -0.2) is 0 Å². The maximum absolute atomic E-state index is 12.1. The summed E-state index contributed by atoms with van der Waals surface area (Å²) in [5.41, 5.74) is 1.24. The summed E-state index contributed by atoms with van der Waals surface area (Å²) in [6, 6.07) is 8.29. The molecule has 0 saturated carbocycles. The van der Waals surface area contributed by atoms with E-state index in [2.05, 4.69) is 19.1 Å². The van der Waals surface area contributed by atoms with Crippen LogP contribution in [0, 0.1) is 5.92 Å². The van der Waals surface area contributed by atoms with Gasteiger partial charge in [-0.3, -0.25) is 4.79 Å². The lowest BCUT2D eigenvalue weighted by molar-refractivity contribution is -0.123. The third-order valence-corrected chi connectivity index (χ3v) is 4.32. The van der Waals surface area contributed by atoms with Gasteiger partial charge >= 0.3 is 0 Å². The largest absolute Gasteiger partial charge is 0.299 e. The van der Waals surface area contributed by atoms with Crippen molar-refractivity contribution >= 4 is 17.5 Å². The van der Waals surface area contributed by atoms with Crippen molar-refractivity contribution in [2.24, 2.45) is 5.92 Å². The third kappa shape index (κ3) is 1.96. The van der Waals surface area contributed by atoms with Crippen molar-refractivity contribution in [2.75, 3.05) is 5.75 Å². The molecule has 0 bridgehead atoms. The molecule has 2 atom stereocenters. The van der Waals surface area contributed by atoms with E-state index in [0.717, 1.165) is 12.2 Å². The number of fused-ring (bicyclic) bond motifs is 1. The highest BCUT2D eigenvalue weighted by Crippen LogP contribution is 2.40. The highest BCUT2D eigenvalue weighted by Gasteiger charge is 2.30. The Bertz CT molecular complexity index is 373. The summed E-state index contributed by atoms with van der Waals surface area (Å²) >= 11 is 1.81. The summed E-state index contributed by atoms with van der Waals surface area (Å²) in [4.78, 5) is 13.4. The molecule has 1 aliphatic heterocycles. The van der Waals surface area contributed by atoms with E-state index in [0.29, 0.717) is 5.78 Å². The molecule has 1 aromatic carbocycles. The van der Waals surface area contributed by atoms with E-state index >= 15 is 0 Å². The zero-order valence-electron chi connectivity index (χ0n) is 9.19. The monoisotopic (exact) mass is 220 g/mol. The number of rotatable bonds is 3. The van der Waals surface area contributed by atoms with Gasteiger partial charge in [0.25, 0.3) is 0 Å². The Morgan fingerprint density at radius 1 is 1.53 bits per heavy atom. The van der Waals surface area contributed by atoms with Crippen LogP contribution in [0.4, 0.5) is 0 Å². The molecule has 1 aliphatic rings. The molecule has 80 valence electrons. The van der Waals surface area contributed by atoms with E-state index < -0.39 is 0 Å². The van der Waals surface area contributed by atoms with Gasteiger partial charge in [0.15, 0.2) is 0 Å². The van der Waals surface area contributed by atoms with E-state index in [1.165, 1.54) is 10.5 Å². The standard InChI is InChI=1S/C13H16OS/c1-3-9(2)13(14)11-8-15-12-7-5-4-6-10(11)12/h4-7,9,11H,3,8H2,1-2H3. The minimum Gasteiger partial charge on any atom is -0.299 e. The topological polar surface area (TPSA) is 17.1 Å². The fraction of sp³-hybridized carbons (Fsp3) is 0.462. The molecular weight excluding hydrogens is 204 g/mol. The van der Waals surface area contributed by atoms with E-state index in [1.807, 2.05) is 30.8 Å². The first kappa shape index (κ1) is 10.7. The van der Waals surface area contributed by atoms with E-state index in [-0.39, 0.29) is 11.8 Å². The number of thioether (sulfide) groups is 1. The van der Waals surface area contributed by atoms with Crippen LogP contribution in [0.25, 0.3) is 0 Å². The first-order valence-electron chi connectivity index (χ1n) is 5.49. The van der Waals surface area contributed by atoms with Crippen molar-refractivity contribution in [2.45, 2.75) is 31.1 Å². The van der Waals surface area contributed by atoms with Gasteiger partial charge in [0.05, 0.1) is 5.92 Å². The lowest BCUT2D eigenvalue weighted by Crippen LogP contribution is -2.19. The Balaban J connectivity index is 2.24. The number of benzene rings is 1. The highest BCUT2D eigenvalue weighted by atomic mass is 32.2. The average Bonchev–Trinajstić information content (AvgIpc) is 2.70. The number of hydrogen-bond acceptors (Lipinski definition) is 2. The molecule has 0 aromatic heterocycles. The van der Waals surface area contributed by atoms with Crippen molar-refractivity contribution in [3.8, 4) is 0 Å². The van der Waals surface area contributed by atoms with Crippen molar-refractivity contribution in [1.82, 2.24) is 0 Å². The molecule has 1 nitrogen and oxygen atoms in total. The summed E-state index contributed by atoms with van der Waals surface area (Å²) < 4.78 is 0. The van der Waals surface area contributed by atoms with Crippen molar-refractivity contribution in [1.29, 1.82) is 0 Å². The number of carbonyl (C=O) groups excluding carboxylic acids is 1. The fourth-order valence-electron chi connectivity index (χ4n) is 1.94. The second kappa shape index (κ2) is 4.40. The molecule has 0 spiro atoms. The van der Waals surface area contributed by atoms with Gasteiger partial charge in [0, 0.05) is 16.6 Å². The van der Waals surface area contributed by atoms with Crippen molar-refractivity contribution in [3.05, 3.63) is 29.8 Å². The smallest absolute Gasteiger partial charge is 0.143 e. The zero-order valence-corrected chi connectivity index (χ0v) is 10.0. The maximum Gasteiger partial charge on any atom is 0.143 e. The van der Waals surface area contributed by atoms with Crippen molar-refractivity contribution in [3.63, 3.8) is 0 Å². The predicted molar refractivity (Wildman–Crippen MR) is 64.4 cm³/mol. The molecule has 2 heteroatoms. The number of ketones is 1. The Morgan fingerprint density at radius 3 is 3.00 bits per heavy atom. The molecule has 2 rings (SSSR count). The normalized spacial score (nSPS) is 21.1. The summed E-state index contributed by atoms with van der Waals surface area (Å²) in [5.74, 6) is 1.68. The van der Waals surface area contributed by atoms with Gasteiger partial charge in [-0.15, -0.1) is 11.8 Å². The van der Waals surface area contributed by atoms with Crippen LogP contribution in [0.15, 0.2) is 29.2 Å². The van der Waals surface area contributed by atoms with E-state index in [9.17, 15) is 4.79 Å². The summed E-state index contributed by atoms with van der Waals surface area (Å²) in [6.45, 7) is 4.12. The van der Waals surface area contributed by atoms with Crippen LogP contribution >= 0.6 is 11.8 Å². The van der Waals surface area contributed by atoms with Crippen LogP contribution in [0.2, 0.25) is 0 Å². The van der Waals surface area contributed by atoms with Crippen LogP contribution in [0.5, 0.6) is 0 Å². The third-order valence-electron chi connectivity index (χ3n) is 3.14. The summed E-state index contributed by atoms with van der Waals surface area (Å²) in [5, 5.41) is 0. The molecule has 0 radical (unpaired) electrons. The quantitative estimate of drug-likeness (QED) is 0.775. The lowest BCUT2D eigenvalue weighted by atomic mass is 9.88. The molecule has 15 heavy (non-hydrogen) atoms. The fourth-order valence-corrected chi connectivity index (χ4v) is 3.18. The minimum absolute atomic E-state index is 0.140. The Labute approximate surface area is 95.3 Å². The average molecular weight is 220 g/mol. The van der Waals surface area contributed by atoms with Gasteiger partial charge in [0.1, 0.15) is 5.78 Å². The van der Waals surface area contributed by atoms with Crippen LogP contribution in [-0.2, 0) is 4.79 Å². The van der Waals surface area contributed by atoms with Gasteiger partial charge in [0.2, 0.25) is 0 Å². The van der Waals surface area contributed by atoms with Gasteiger partial charge < -0.3 is 0 Å². The Hall–Kier alpha value is -0.760. The molecule has 1 aromatic rings. The number of Topliss-reactive ketones (excluding diaryl/α,β-unsaturated/α-hetero) is 1. The molecule has 0 aliphatic carbocycles. The van der Waals surface area contributed by atoms with Crippen LogP contribution in [0.1, 0.15) is 31.7 Å². The number of hydrogen-bond donors (Lipinski definition) is 0. The van der Waals surface area contributed by atoms with E-state index in [4.69, 9.17) is 0 Å². The van der Waals surface area contributed by atoms with E-state index in [1.54, 1.807) is 0 Å². The maximum atomic E-state index is 12.1. The van der Waals surface area contributed by atoms with Gasteiger partial charge in [-0.05, 0) is 18.1 Å². The second-order valence-electron chi connectivity index (χ2n) is 4.11. The Morgan fingerprint density at radius 2 is 2.27 bits per heavy atom. The first-order valence-corrected chi connectivity index (χ1v) is 6.48.